The molecule has 1 aliphatic rings. The van der Waals surface area contributed by atoms with E-state index in [0.29, 0.717) is 50.5 Å². The number of morpholine rings is 1. The second-order valence-corrected chi connectivity index (χ2v) is 6.77. The van der Waals surface area contributed by atoms with Gasteiger partial charge in [0.15, 0.2) is 0 Å². The molecule has 7 heteroatoms. The van der Waals surface area contributed by atoms with Gasteiger partial charge in [-0.1, -0.05) is 30.3 Å². The standard InChI is InChI=1S/C21H25N3O4/c25-19(26)9-8-17(15-16-5-2-1-3-6-16)23-21(27)18-7-4-10-22-20(18)24-11-13-28-14-12-24/h1-7,10,17H,8-9,11-15H2,(H,23,27)(H,25,26). The van der Waals surface area contributed by atoms with Gasteiger partial charge in [-0.2, -0.15) is 0 Å². The molecule has 1 fully saturated rings. The molecule has 2 N–H and O–H groups in total. The molecule has 28 heavy (non-hydrogen) atoms. The van der Waals surface area contributed by atoms with Crippen LogP contribution in [0.2, 0.25) is 0 Å². The molecule has 0 bridgehead atoms. The van der Waals surface area contributed by atoms with E-state index in [1.807, 2.05) is 35.2 Å². The Morgan fingerprint density at radius 2 is 1.89 bits per heavy atom. The van der Waals surface area contributed by atoms with Crippen LogP contribution in [0.3, 0.4) is 0 Å². The van der Waals surface area contributed by atoms with Crippen LogP contribution in [0.15, 0.2) is 48.7 Å². The normalized spacial score (nSPS) is 15.1. The number of pyridine rings is 1. The summed E-state index contributed by atoms with van der Waals surface area (Å²) in [6.45, 7) is 2.58. The third-order valence-electron chi connectivity index (χ3n) is 4.71. The molecule has 3 rings (SSSR count). The summed E-state index contributed by atoms with van der Waals surface area (Å²) in [5.74, 6) is -0.469. The highest BCUT2D eigenvalue weighted by Gasteiger charge is 2.22. The van der Waals surface area contributed by atoms with E-state index in [2.05, 4.69) is 10.3 Å². The van der Waals surface area contributed by atoms with Crippen LogP contribution in [0.25, 0.3) is 0 Å². The molecule has 1 saturated heterocycles. The van der Waals surface area contributed by atoms with Crippen LogP contribution in [-0.4, -0.2) is 54.3 Å². The zero-order valence-corrected chi connectivity index (χ0v) is 15.7. The maximum absolute atomic E-state index is 13.0. The molecule has 1 aromatic heterocycles. The number of ether oxygens (including phenoxy) is 1. The highest BCUT2D eigenvalue weighted by atomic mass is 16.5. The Morgan fingerprint density at radius 3 is 2.61 bits per heavy atom. The Bertz CT molecular complexity index is 791. The maximum Gasteiger partial charge on any atom is 0.303 e. The number of carboxylic acids is 1. The lowest BCUT2D eigenvalue weighted by Crippen LogP contribution is -2.40. The van der Waals surface area contributed by atoms with Gasteiger partial charge in [0, 0.05) is 31.7 Å². The van der Waals surface area contributed by atoms with E-state index in [1.165, 1.54) is 0 Å². The zero-order chi connectivity index (χ0) is 19.8. The molecule has 0 aliphatic carbocycles. The summed E-state index contributed by atoms with van der Waals surface area (Å²) >= 11 is 0. The van der Waals surface area contributed by atoms with E-state index < -0.39 is 5.97 Å². The summed E-state index contributed by atoms with van der Waals surface area (Å²) in [4.78, 5) is 30.5. The number of amides is 1. The summed E-state index contributed by atoms with van der Waals surface area (Å²) in [5, 5.41) is 12.1. The minimum absolute atomic E-state index is 0.00113. The van der Waals surface area contributed by atoms with Gasteiger partial charge in [0.2, 0.25) is 0 Å². The summed E-state index contributed by atoms with van der Waals surface area (Å²) in [7, 11) is 0. The molecule has 7 nitrogen and oxygen atoms in total. The van der Waals surface area contributed by atoms with E-state index in [0.717, 1.165) is 5.56 Å². The molecule has 148 valence electrons. The molecule has 1 aromatic carbocycles. The SMILES string of the molecule is O=C(O)CCC(Cc1ccccc1)NC(=O)c1cccnc1N1CCOCC1. The fourth-order valence-electron chi connectivity index (χ4n) is 3.29. The van der Waals surface area contributed by atoms with E-state index in [-0.39, 0.29) is 18.4 Å². The lowest BCUT2D eigenvalue weighted by atomic mass is 10.0. The Morgan fingerprint density at radius 1 is 1.14 bits per heavy atom. The average molecular weight is 383 g/mol. The van der Waals surface area contributed by atoms with Crippen molar-refractivity contribution < 1.29 is 19.4 Å². The Kier molecular flexibility index (Phi) is 6.97. The van der Waals surface area contributed by atoms with Crippen molar-refractivity contribution >= 4 is 17.7 Å². The highest BCUT2D eigenvalue weighted by molar-refractivity contribution is 5.99. The van der Waals surface area contributed by atoms with Crippen LogP contribution < -0.4 is 10.2 Å². The molecule has 0 saturated carbocycles. The molecular weight excluding hydrogens is 358 g/mol. The van der Waals surface area contributed by atoms with Gasteiger partial charge < -0.3 is 20.1 Å². The molecule has 2 aromatic rings. The Labute approximate surface area is 164 Å². The van der Waals surface area contributed by atoms with Crippen LogP contribution in [0.1, 0.15) is 28.8 Å². The van der Waals surface area contributed by atoms with Gasteiger partial charge in [-0.3, -0.25) is 9.59 Å². The van der Waals surface area contributed by atoms with Gasteiger partial charge in [0.05, 0.1) is 18.8 Å². The second kappa shape index (κ2) is 9.85. The smallest absolute Gasteiger partial charge is 0.303 e. The first-order valence-corrected chi connectivity index (χ1v) is 9.48. The molecule has 1 atom stereocenters. The van der Waals surface area contributed by atoms with E-state index in [9.17, 15) is 9.59 Å². The quantitative estimate of drug-likeness (QED) is 0.726. The van der Waals surface area contributed by atoms with Crippen LogP contribution in [0.4, 0.5) is 5.82 Å². The van der Waals surface area contributed by atoms with Crippen molar-refractivity contribution in [2.75, 3.05) is 31.2 Å². The first kappa shape index (κ1) is 19.8. The van der Waals surface area contributed by atoms with E-state index in [1.54, 1.807) is 18.3 Å². The predicted molar refractivity (Wildman–Crippen MR) is 106 cm³/mol. The minimum atomic E-state index is -0.873. The fraction of sp³-hybridized carbons (Fsp3) is 0.381. The molecular formula is C21H25N3O4. The summed E-state index contributed by atoms with van der Waals surface area (Å²) in [5.41, 5.74) is 1.55. The van der Waals surface area contributed by atoms with Crippen LogP contribution in [0.5, 0.6) is 0 Å². The number of hydrogen-bond acceptors (Lipinski definition) is 5. The zero-order valence-electron chi connectivity index (χ0n) is 15.7. The van der Waals surface area contributed by atoms with Crippen LogP contribution in [-0.2, 0) is 16.0 Å². The minimum Gasteiger partial charge on any atom is -0.481 e. The third kappa shape index (κ3) is 5.53. The summed E-state index contributed by atoms with van der Waals surface area (Å²) in [6, 6.07) is 13.0. The number of rotatable bonds is 8. The fourth-order valence-corrected chi connectivity index (χ4v) is 3.29. The van der Waals surface area contributed by atoms with Crippen molar-refractivity contribution in [1.82, 2.24) is 10.3 Å². The Hall–Kier alpha value is -2.93. The maximum atomic E-state index is 13.0. The number of carbonyl (C=O) groups is 2. The number of carboxylic acid groups (broad SMARTS) is 1. The number of nitrogens with one attached hydrogen (secondary N) is 1. The van der Waals surface area contributed by atoms with Crippen molar-refractivity contribution in [3.8, 4) is 0 Å². The number of anilines is 1. The Balaban J connectivity index is 1.74. The lowest BCUT2D eigenvalue weighted by Gasteiger charge is -2.29. The third-order valence-corrected chi connectivity index (χ3v) is 4.71. The predicted octanol–water partition coefficient (Wildman–Crippen LogP) is 2.12. The largest absolute Gasteiger partial charge is 0.481 e. The first-order valence-electron chi connectivity index (χ1n) is 9.48. The van der Waals surface area contributed by atoms with E-state index in [4.69, 9.17) is 9.84 Å². The van der Waals surface area contributed by atoms with Gasteiger partial charge in [0.1, 0.15) is 5.82 Å². The van der Waals surface area contributed by atoms with Gasteiger partial charge in [-0.05, 0) is 30.5 Å². The number of nitrogens with zero attached hydrogens (tertiary/aromatic N) is 2. The number of carbonyl (C=O) groups excluding carboxylic acids is 1. The monoisotopic (exact) mass is 383 g/mol. The highest BCUT2D eigenvalue weighted by Crippen LogP contribution is 2.19. The second-order valence-electron chi connectivity index (χ2n) is 6.77. The summed E-state index contributed by atoms with van der Waals surface area (Å²) in [6.07, 6.45) is 2.62. The van der Waals surface area contributed by atoms with E-state index >= 15 is 0 Å². The lowest BCUT2D eigenvalue weighted by molar-refractivity contribution is -0.137. The van der Waals surface area contributed by atoms with Gasteiger partial charge in [0.25, 0.3) is 5.91 Å². The number of hydrogen-bond donors (Lipinski definition) is 2. The van der Waals surface area contributed by atoms with Crippen molar-refractivity contribution in [2.24, 2.45) is 0 Å². The molecule has 0 spiro atoms. The van der Waals surface area contributed by atoms with Gasteiger partial charge in [-0.15, -0.1) is 0 Å². The topological polar surface area (TPSA) is 91.8 Å². The van der Waals surface area contributed by atoms with Crippen molar-refractivity contribution in [1.29, 1.82) is 0 Å². The molecule has 1 aliphatic heterocycles. The molecule has 1 amide bonds. The van der Waals surface area contributed by atoms with Crippen molar-refractivity contribution in [3.63, 3.8) is 0 Å². The molecule has 1 unspecified atom stereocenters. The number of aliphatic carboxylic acids is 1. The number of benzene rings is 1. The van der Waals surface area contributed by atoms with Crippen LogP contribution in [0, 0.1) is 0 Å². The molecule has 0 radical (unpaired) electrons. The first-order chi connectivity index (χ1) is 13.6. The van der Waals surface area contributed by atoms with Gasteiger partial charge in [-0.25, -0.2) is 4.98 Å². The number of aromatic nitrogens is 1. The summed E-state index contributed by atoms with van der Waals surface area (Å²) < 4.78 is 5.38. The van der Waals surface area contributed by atoms with Crippen molar-refractivity contribution in [3.05, 3.63) is 59.8 Å². The van der Waals surface area contributed by atoms with Crippen molar-refractivity contribution in [2.45, 2.75) is 25.3 Å². The van der Waals surface area contributed by atoms with Gasteiger partial charge >= 0.3 is 5.97 Å². The average Bonchev–Trinajstić information content (AvgIpc) is 2.73. The van der Waals surface area contributed by atoms with Crippen LogP contribution >= 0.6 is 0 Å². The molecule has 2 heterocycles.